The van der Waals surface area contributed by atoms with Gasteiger partial charge in [0.05, 0.1) is 0 Å². The Morgan fingerprint density at radius 1 is 1.37 bits per heavy atom. The minimum Gasteiger partial charge on any atom is -0.480 e. The van der Waals surface area contributed by atoms with Crippen LogP contribution in [0.25, 0.3) is 0 Å². The molecule has 1 N–H and O–H groups in total. The third-order valence-corrected chi connectivity index (χ3v) is 3.88. The van der Waals surface area contributed by atoms with Crippen molar-refractivity contribution >= 4 is 23.5 Å². The van der Waals surface area contributed by atoms with Gasteiger partial charge in [0.15, 0.2) is 0 Å². The van der Waals surface area contributed by atoms with Crippen LogP contribution in [-0.4, -0.2) is 34.5 Å². The average molecular weight is 282 g/mol. The minimum atomic E-state index is -0.932. The number of piperidine rings is 1. The zero-order valence-electron chi connectivity index (χ0n) is 10.7. The van der Waals surface area contributed by atoms with E-state index in [0.29, 0.717) is 23.6 Å². The summed E-state index contributed by atoms with van der Waals surface area (Å²) < 4.78 is 0. The Morgan fingerprint density at radius 2 is 2.11 bits per heavy atom. The number of benzene rings is 1. The molecule has 1 amide bonds. The van der Waals surface area contributed by atoms with E-state index in [-0.39, 0.29) is 5.91 Å². The Morgan fingerprint density at radius 3 is 2.74 bits per heavy atom. The highest BCUT2D eigenvalue weighted by Crippen LogP contribution is 2.22. The van der Waals surface area contributed by atoms with Crippen molar-refractivity contribution in [1.29, 1.82) is 0 Å². The molecule has 1 aliphatic rings. The minimum absolute atomic E-state index is 0.230. The number of aryl methyl sites for hydroxylation is 1. The van der Waals surface area contributed by atoms with Crippen molar-refractivity contribution in [1.82, 2.24) is 4.90 Å². The van der Waals surface area contributed by atoms with Crippen molar-refractivity contribution in [3.63, 3.8) is 0 Å². The molecule has 5 heteroatoms. The van der Waals surface area contributed by atoms with E-state index in [1.54, 1.807) is 18.2 Å². The molecule has 2 rings (SSSR count). The van der Waals surface area contributed by atoms with Gasteiger partial charge in [-0.25, -0.2) is 4.79 Å². The molecular weight excluding hydrogens is 266 g/mol. The van der Waals surface area contributed by atoms with Crippen molar-refractivity contribution in [2.75, 3.05) is 6.54 Å². The first-order valence-corrected chi connectivity index (χ1v) is 6.68. The molecule has 1 atom stereocenters. The number of halogens is 1. The molecule has 0 aromatic heterocycles. The number of hydrogen-bond acceptors (Lipinski definition) is 2. The molecule has 0 radical (unpaired) electrons. The van der Waals surface area contributed by atoms with Gasteiger partial charge in [0.1, 0.15) is 6.04 Å². The van der Waals surface area contributed by atoms with Gasteiger partial charge in [-0.3, -0.25) is 4.79 Å². The zero-order chi connectivity index (χ0) is 14.0. The predicted molar refractivity (Wildman–Crippen MR) is 72.5 cm³/mol. The first kappa shape index (κ1) is 13.9. The molecule has 1 saturated heterocycles. The molecule has 19 heavy (non-hydrogen) atoms. The van der Waals surface area contributed by atoms with Crippen LogP contribution in [0.3, 0.4) is 0 Å². The van der Waals surface area contributed by atoms with E-state index in [2.05, 4.69) is 0 Å². The lowest BCUT2D eigenvalue weighted by Crippen LogP contribution is -2.48. The number of amides is 1. The Hall–Kier alpha value is -1.55. The fourth-order valence-corrected chi connectivity index (χ4v) is 2.49. The molecule has 1 fully saturated rings. The summed E-state index contributed by atoms with van der Waals surface area (Å²) in [5.41, 5.74) is 1.31. The number of nitrogens with zero attached hydrogens (tertiary/aromatic N) is 1. The number of hydrogen-bond donors (Lipinski definition) is 1. The second kappa shape index (κ2) is 5.61. The first-order valence-electron chi connectivity index (χ1n) is 6.30. The lowest BCUT2D eigenvalue weighted by Gasteiger charge is -2.33. The fraction of sp³-hybridized carbons (Fsp3) is 0.429. The van der Waals surface area contributed by atoms with Gasteiger partial charge in [-0.1, -0.05) is 11.6 Å². The lowest BCUT2D eigenvalue weighted by molar-refractivity contribution is -0.143. The molecule has 1 aromatic rings. The van der Waals surface area contributed by atoms with Crippen molar-refractivity contribution in [2.45, 2.75) is 32.2 Å². The van der Waals surface area contributed by atoms with Gasteiger partial charge >= 0.3 is 5.97 Å². The summed E-state index contributed by atoms with van der Waals surface area (Å²) in [7, 11) is 0. The molecule has 0 unspecified atom stereocenters. The fourth-order valence-electron chi connectivity index (χ4n) is 2.37. The van der Waals surface area contributed by atoms with E-state index in [4.69, 9.17) is 11.6 Å². The van der Waals surface area contributed by atoms with Gasteiger partial charge in [0.2, 0.25) is 0 Å². The van der Waals surface area contributed by atoms with Crippen LogP contribution in [0.4, 0.5) is 0 Å². The van der Waals surface area contributed by atoms with Gasteiger partial charge < -0.3 is 10.0 Å². The maximum absolute atomic E-state index is 12.4. The van der Waals surface area contributed by atoms with Gasteiger partial charge in [-0.15, -0.1) is 0 Å². The highest BCUT2D eigenvalue weighted by Gasteiger charge is 2.32. The summed E-state index contributed by atoms with van der Waals surface area (Å²) in [6.45, 7) is 2.32. The smallest absolute Gasteiger partial charge is 0.326 e. The number of likely N-dealkylation sites (tertiary alicyclic amines) is 1. The van der Waals surface area contributed by atoms with Crippen LogP contribution in [0.1, 0.15) is 35.2 Å². The first-order chi connectivity index (χ1) is 9.00. The number of rotatable bonds is 2. The Kier molecular flexibility index (Phi) is 4.10. The SMILES string of the molecule is Cc1cc(C(=O)N2CCCC[C@H]2C(=O)O)ccc1Cl. The van der Waals surface area contributed by atoms with Crippen LogP contribution in [0.5, 0.6) is 0 Å². The molecular formula is C14H16ClNO3. The molecule has 4 nitrogen and oxygen atoms in total. The van der Waals surface area contributed by atoms with Crippen molar-refractivity contribution < 1.29 is 14.7 Å². The van der Waals surface area contributed by atoms with Crippen molar-refractivity contribution in [2.24, 2.45) is 0 Å². The summed E-state index contributed by atoms with van der Waals surface area (Å²) in [6, 6.07) is 4.31. The van der Waals surface area contributed by atoms with Crippen molar-refractivity contribution in [3.05, 3.63) is 34.3 Å². The van der Waals surface area contributed by atoms with Crippen LogP contribution >= 0.6 is 11.6 Å². The second-order valence-corrected chi connectivity index (χ2v) is 5.22. The quantitative estimate of drug-likeness (QED) is 0.907. The number of carbonyl (C=O) groups is 2. The number of aliphatic carboxylic acids is 1. The van der Waals surface area contributed by atoms with E-state index in [0.717, 1.165) is 18.4 Å². The highest BCUT2D eigenvalue weighted by atomic mass is 35.5. The summed E-state index contributed by atoms with van der Waals surface area (Å²) >= 11 is 5.93. The van der Waals surface area contributed by atoms with Crippen LogP contribution in [-0.2, 0) is 4.79 Å². The molecule has 1 aromatic carbocycles. The van der Waals surface area contributed by atoms with Crippen molar-refractivity contribution in [3.8, 4) is 0 Å². The van der Waals surface area contributed by atoms with Crippen LogP contribution < -0.4 is 0 Å². The normalized spacial score (nSPS) is 19.3. The van der Waals surface area contributed by atoms with E-state index < -0.39 is 12.0 Å². The van der Waals surface area contributed by atoms with E-state index in [1.807, 2.05) is 6.92 Å². The summed E-state index contributed by atoms with van der Waals surface area (Å²) in [5.74, 6) is -1.16. The third-order valence-electron chi connectivity index (χ3n) is 3.45. The standard InChI is InChI=1S/C14H16ClNO3/c1-9-8-10(5-6-11(9)15)13(17)16-7-3-2-4-12(16)14(18)19/h5-6,8,12H,2-4,7H2,1H3,(H,18,19)/t12-/m0/s1. The third kappa shape index (κ3) is 2.89. The molecule has 0 spiro atoms. The summed E-state index contributed by atoms with van der Waals surface area (Å²) in [5, 5.41) is 9.79. The monoisotopic (exact) mass is 281 g/mol. The summed E-state index contributed by atoms with van der Waals surface area (Å²) in [4.78, 5) is 25.1. The highest BCUT2D eigenvalue weighted by molar-refractivity contribution is 6.31. The second-order valence-electron chi connectivity index (χ2n) is 4.81. The number of carboxylic acid groups (broad SMARTS) is 1. The Balaban J connectivity index is 2.26. The maximum atomic E-state index is 12.4. The van der Waals surface area contributed by atoms with Gasteiger partial charge in [-0.05, 0) is 49.9 Å². The molecule has 0 aliphatic carbocycles. The van der Waals surface area contributed by atoms with Gasteiger partial charge in [0.25, 0.3) is 5.91 Å². The largest absolute Gasteiger partial charge is 0.480 e. The predicted octanol–water partition coefficient (Wildman–Crippen LogP) is 2.73. The Labute approximate surface area is 117 Å². The Bertz CT molecular complexity index is 515. The number of carbonyl (C=O) groups excluding carboxylic acids is 1. The summed E-state index contributed by atoms with van der Waals surface area (Å²) in [6.07, 6.45) is 2.22. The molecule has 0 saturated carbocycles. The van der Waals surface area contributed by atoms with Crippen LogP contribution in [0, 0.1) is 6.92 Å². The van der Waals surface area contributed by atoms with E-state index in [1.165, 1.54) is 4.90 Å². The average Bonchev–Trinajstić information content (AvgIpc) is 2.41. The molecule has 102 valence electrons. The van der Waals surface area contributed by atoms with E-state index >= 15 is 0 Å². The molecule has 1 heterocycles. The number of carboxylic acids is 1. The van der Waals surface area contributed by atoms with Gasteiger partial charge in [-0.2, -0.15) is 0 Å². The maximum Gasteiger partial charge on any atom is 0.326 e. The molecule has 0 bridgehead atoms. The van der Waals surface area contributed by atoms with Crippen LogP contribution in [0.2, 0.25) is 5.02 Å². The van der Waals surface area contributed by atoms with E-state index in [9.17, 15) is 14.7 Å². The van der Waals surface area contributed by atoms with Gasteiger partial charge in [0, 0.05) is 17.1 Å². The topological polar surface area (TPSA) is 57.6 Å². The lowest BCUT2D eigenvalue weighted by atomic mass is 10.0. The van der Waals surface area contributed by atoms with Crippen LogP contribution in [0.15, 0.2) is 18.2 Å². The molecule has 1 aliphatic heterocycles. The zero-order valence-corrected chi connectivity index (χ0v) is 11.5.